The second kappa shape index (κ2) is 7.39. The van der Waals surface area contributed by atoms with Crippen molar-refractivity contribution in [2.45, 2.75) is 51.5 Å². The summed E-state index contributed by atoms with van der Waals surface area (Å²) < 4.78 is 0. The van der Waals surface area contributed by atoms with Gasteiger partial charge in [0.25, 0.3) is 0 Å². The van der Waals surface area contributed by atoms with Crippen molar-refractivity contribution in [3.8, 4) is 0 Å². The standard InChI is InChI=1S/C16H24N2O2/c1-12-10-17-7-6-14(12)9-16(20)18-15(11-19)8-13-4-2-3-5-13/h6-7,10,13,15,19H,2-5,8-9,11H2,1H3,(H,18,20)/t15-/m0/s1. The molecule has 2 N–H and O–H groups in total. The monoisotopic (exact) mass is 276 g/mol. The third kappa shape index (κ3) is 4.30. The number of carbonyl (C=O) groups is 1. The highest BCUT2D eigenvalue weighted by molar-refractivity contribution is 5.79. The fourth-order valence-electron chi connectivity index (χ4n) is 2.98. The van der Waals surface area contributed by atoms with E-state index in [0.717, 1.165) is 17.5 Å². The number of rotatable bonds is 6. The molecule has 110 valence electrons. The number of nitrogens with one attached hydrogen (secondary N) is 1. The van der Waals surface area contributed by atoms with E-state index >= 15 is 0 Å². The number of aromatic nitrogens is 1. The fraction of sp³-hybridized carbons (Fsp3) is 0.625. The van der Waals surface area contributed by atoms with Crippen LogP contribution in [0.25, 0.3) is 0 Å². The maximum absolute atomic E-state index is 12.1. The fourth-order valence-corrected chi connectivity index (χ4v) is 2.98. The normalized spacial score (nSPS) is 17.1. The Balaban J connectivity index is 1.84. The summed E-state index contributed by atoms with van der Waals surface area (Å²) in [5.41, 5.74) is 2.02. The van der Waals surface area contributed by atoms with Crippen LogP contribution in [0.15, 0.2) is 18.5 Å². The molecule has 0 unspecified atom stereocenters. The number of pyridine rings is 1. The van der Waals surface area contributed by atoms with E-state index in [1.54, 1.807) is 12.4 Å². The van der Waals surface area contributed by atoms with Gasteiger partial charge in [-0.15, -0.1) is 0 Å². The lowest BCUT2D eigenvalue weighted by Gasteiger charge is -2.20. The number of aliphatic hydroxyl groups excluding tert-OH is 1. The third-order valence-electron chi connectivity index (χ3n) is 4.17. The molecule has 1 heterocycles. The van der Waals surface area contributed by atoms with Crippen LogP contribution in [0.4, 0.5) is 0 Å². The van der Waals surface area contributed by atoms with E-state index in [2.05, 4.69) is 10.3 Å². The zero-order valence-corrected chi connectivity index (χ0v) is 12.1. The first-order valence-corrected chi connectivity index (χ1v) is 7.48. The summed E-state index contributed by atoms with van der Waals surface area (Å²) >= 11 is 0. The maximum Gasteiger partial charge on any atom is 0.224 e. The van der Waals surface area contributed by atoms with Gasteiger partial charge in [-0.25, -0.2) is 0 Å². The smallest absolute Gasteiger partial charge is 0.224 e. The average Bonchev–Trinajstić information content (AvgIpc) is 2.93. The Kier molecular flexibility index (Phi) is 5.53. The van der Waals surface area contributed by atoms with Gasteiger partial charge in [-0.1, -0.05) is 25.7 Å². The van der Waals surface area contributed by atoms with Crippen LogP contribution in [-0.2, 0) is 11.2 Å². The highest BCUT2D eigenvalue weighted by Crippen LogP contribution is 2.28. The predicted octanol–water partition coefficient (Wildman–Crippen LogP) is 1.99. The highest BCUT2D eigenvalue weighted by atomic mass is 16.3. The molecule has 1 aromatic heterocycles. The molecular weight excluding hydrogens is 252 g/mol. The van der Waals surface area contributed by atoms with E-state index in [0.29, 0.717) is 12.3 Å². The van der Waals surface area contributed by atoms with Gasteiger partial charge in [0, 0.05) is 12.4 Å². The minimum absolute atomic E-state index is 0.0173. The molecule has 4 nitrogen and oxygen atoms in total. The van der Waals surface area contributed by atoms with Crippen LogP contribution in [0.3, 0.4) is 0 Å². The summed E-state index contributed by atoms with van der Waals surface area (Å²) in [6.45, 7) is 1.98. The number of amides is 1. The van der Waals surface area contributed by atoms with Gasteiger partial charge in [-0.05, 0) is 36.5 Å². The Hall–Kier alpha value is -1.42. The zero-order valence-electron chi connectivity index (χ0n) is 12.1. The largest absolute Gasteiger partial charge is 0.394 e. The van der Waals surface area contributed by atoms with E-state index in [1.807, 2.05) is 13.0 Å². The van der Waals surface area contributed by atoms with Gasteiger partial charge in [0.1, 0.15) is 0 Å². The number of hydrogen-bond donors (Lipinski definition) is 2. The van der Waals surface area contributed by atoms with Gasteiger partial charge < -0.3 is 10.4 Å². The van der Waals surface area contributed by atoms with E-state index in [4.69, 9.17) is 0 Å². The molecule has 1 aliphatic rings. The lowest BCUT2D eigenvalue weighted by atomic mass is 9.98. The minimum atomic E-state index is -0.104. The topological polar surface area (TPSA) is 62.2 Å². The number of nitrogens with zero attached hydrogens (tertiary/aromatic N) is 1. The van der Waals surface area contributed by atoms with Crippen LogP contribution in [0, 0.1) is 12.8 Å². The van der Waals surface area contributed by atoms with Crippen molar-refractivity contribution >= 4 is 5.91 Å². The van der Waals surface area contributed by atoms with Crippen LogP contribution in [-0.4, -0.2) is 28.6 Å². The Morgan fingerprint density at radius 1 is 1.50 bits per heavy atom. The van der Waals surface area contributed by atoms with Crippen LogP contribution < -0.4 is 5.32 Å². The van der Waals surface area contributed by atoms with Crippen molar-refractivity contribution in [1.82, 2.24) is 10.3 Å². The number of aliphatic hydroxyl groups is 1. The quantitative estimate of drug-likeness (QED) is 0.835. The molecule has 1 atom stereocenters. The van der Waals surface area contributed by atoms with Crippen molar-refractivity contribution in [2.75, 3.05) is 6.61 Å². The van der Waals surface area contributed by atoms with Gasteiger partial charge in [-0.2, -0.15) is 0 Å². The van der Waals surface area contributed by atoms with Gasteiger partial charge in [-0.3, -0.25) is 9.78 Å². The Morgan fingerprint density at radius 3 is 2.90 bits per heavy atom. The lowest BCUT2D eigenvalue weighted by Crippen LogP contribution is -2.39. The molecule has 0 radical (unpaired) electrons. The van der Waals surface area contributed by atoms with Crippen LogP contribution in [0.1, 0.15) is 43.2 Å². The molecule has 0 saturated heterocycles. The number of carbonyl (C=O) groups excluding carboxylic acids is 1. The van der Waals surface area contributed by atoms with Gasteiger partial charge >= 0.3 is 0 Å². The van der Waals surface area contributed by atoms with Crippen molar-refractivity contribution < 1.29 is 9.90 Å². The average molecular weight is 276 g/mol. The van der Waals surface area contributed by atoms with Crippen LogP contribution in [0.2, 0.25) is 0 Å². The molecule has 20 heavy (non-hydrogen) atoms. The molecule has 0 bridgehead atoms. The maximum atomic E-state index is 12.1. The van der Waals surface area contributed by atoms with Gasteiger partial charge in [0.2, 0.25) is 5.91 Å². The molecule has 0 aliphatic heterocycles. The number of aryl methyl sites for hydroxylation is 1. The molecule has 0 aromatic carbocycles. The SMILES string of the molecule is Cc1cnccc1CC(=O)N[C@H](CO)CC1CCCC1. The lowest BCUT2D eigenvalue weighted by molar-refractivity contribution is -0.121. The second-order valence-corrected chi connectivity index (χ2v) is 5.81. The molecule has 4 heteroatoms. The van der Waals surface area contributed by atoms with E-state index in [1.165, 1.54) is 25.7 Å². The summed E-state index contributed by atoms with van der Waals surface area (Å²) in [6, 6.07) is 1.77. The summed E-state index contributed by atoms with van der Waals surface area (Å²) in [6.07, 6.45) is 9.76. The first-order valence-electron chi connectivity index (χ1n) is 7.48. The Morgan fingerprint density at radius 2 is 2.25 bits per heavy atom. The Labute approximate surface area is 120 Å². The molecule has 2 rings (SSSR count). The molecule has 1 amide bonds. The van der Waals surface area contributed by atoms with Crippen LogP contribution >= 0.6 is 0 Å². The third-order valence-corrected chi connectivity index (χ3v) is 4.17. The van der Waals surface area contributed by atoms with Crippen LogP contribution in [0.5, 0.6) is 0 Å². The molecule has 1 aliphatic carbocycles. The van der Waals surface area contributed by atoms with Crippen molar-refractivity contribution in [3.05, 3.63) is 29.6 Å². The van der Waals surface area contributed by atoms with Crippen molar-refractivity contribution in [1.29, 1.82) is 0 Å². The van der Waals surface area contributed by atoms with E-state index < -0.39 is 0 Å². The zero-order chi connectivity index (χ0) is 14.4. The van der Waals surface area contributed by atoms with Gasteiger partial charge in [0.15, 0.2) is 0 Å². The van der Waals surface area contributed by atoms with Gasteiger partial charge in [0.05, 0.1) is 19.1 Å². The number of hydrogen-bond acceptors (Lipinski definition) is 3. The summed E-state index contributed by atoms with van der Waals surface area (Å²) in [7, 11) is 0. The Bertz CT molecular complexity index is 442. The first-order chi connectivity index (χ1) is 9.69. The molecule has 1 saturated carbocycles. The minimum Gasteiger partial charge on any atom is -0.394 e. The summed E-state index contributed by atoms with van der Waals surface area (Å²) in [5.74, 6) is 0.645. The predicted molar refractivity (Wildman–Crippen MR) is 78.3 cm³/mol. The molecule has 1 fully saturated rings. The molecule has 0 spiro atoms. The summed E-state index contributed by atoms with van der Waals surface area (Å²) in [5, 5.41) is 12.4. The second-order valence-electron chi connectivity index (χ2n) is 5.81. The van der Waals surface area contributed by atoms with E-state index in [9.17, 15) is 9.90 Å². The highest BCUT2D eigenvalue weighted by Gasteiger charge is 2.21. The van der Waals surface area contributed by atoms with Crippen molar-refractivity contribution in [2.24, 2.45) is 5.92 Å². The van der Waals surface area contributed by atoms with E-state index in [-0.39, 0.29) is 18.6 Å². The van der Waals surface area contributed by atoms with Crippen molar-refractivity contribution in [3.63, 3.8) is 0 Å². The molecule has 1 aromatic rings. The first kappa shape index (κ1) is 15.0. The molecular formula is C16H24N2O2. The summed E-state index contributed by atoms with van der Waals surface area (Å²) in [4.78, 5) is 16.1.